The molecule has 14 heavy (non-hydrogen) atoms. The second kappa shape index (κ2) is 4.55. The third kappa shape index (κ3) is 1.81. The number of rotatable bonds is 4. The zero-order chi connectivity index (χ0) is 10.6. The first kappa shape index (κ1) is 10.4. The van der Waals surface area contributed by atoms with Gasteiger partial charge in [0.2, 0.25) is 0 Å². The largest absolute Gasteiger partial charge is 0.496 e. The summed E-state index contributed by atoms with van der Waals surface area (Å²) in [6.07, 6.45) is 0. The highest BCUT2D eigenvalue weighted by molar-refractivity contribution is 5.42. The summed E-state index contributed by atoms with van der Waals surface area (Å²) in [5.74, 6) is -0.237. The minimum atomic E-state index is -0.605. The molecule has 0 heterocycles. The molecule has 5 heteroatoms. The van der Waals surface area contributed by atoms with Gasteiger partial charge in [0.25, 0.3) is 0 Å². The number of hydrogen-bond acceptors (Lipinski definition) is 4. The van der Waals surface area contributed by atoms with Crippen molar-refractivity contribution in [1.29, 1.82) is 0 Å². The van der Waals surface area contributed by atoms with E-state index in [2.05, 4.69) is 5.18 Å². The fraction of sp³-hybridized carbons (Fsp3) is 0.333. The Labute approximate surface area is 80.6 Å². The van der Waals surface area contributed by atoms with Gasteiger partial charge >= 0.3 is 0 Å². The lowest BCUT2D eigenvalue weighted by Crippen LogP contribution is -1.98. The van der Waals surface area contributed by atoms with Crippen LogP contribution in [0.1, 0.15) is 5.56 Å². The SMILES string of the molecule is COc1ccc(OC)c(CN=O)c1F. The Hall–Kier alpha value is -1.65. The average molecular weight is 199 g/mol. The minimum absolute atomic E-state index is 0.0736. The zero-order valence-corrected chi connectivity index (χ0v) is 7.91. The maximum Gasteiger partial charge on any atom is 0.173 e. The van der Waals surface area contributed by atoms with Crippen LogP contribution in [0.5, 0.6) is 11.5 Å². The summed E-state index contributed by atoms with van der Waals surface area (Å²) in [7, 11) is 2.75. The van der Waals surface area contributed by atoms with E-state index in [0.717, 1.165) is 0 Å². The topological polar surface area (TPSA) is 47.9 Å². The Kier molecular flexibility index (Phi) is 3.39. The summed E-state index contributed by atoms with van der Waals surface area (Å²) >= 11 is 0. The lowest BCUT2D eigenvalue weighted by molar-refractivity contribution is 0.371. The molecule has 0 N–H and O–H groups in total. The number of methoxy groups -OCH3 is 2. The van der Waals surface area contributed by atoms with E-state index in [1.807, 2.05) is 0 Å². The van der Waals surface area contributed by atoms with E-state index < -0.39 is 5.82 Å². The highest BCUT2D eigenvalue weighted by Gasteiger charge is 2.14. The number of nitroso groups, excluding NO2 is 1. The van der Waals surface area contributed by atoms with Crippen molar-refractivity contribution in [3.05, 3.63) is 28.4 Å². The molecule has 0 radical (unpaired) electrons. The van der Waals surface area contributed by atoms with Crippen LogP contribution in [0, 0.1) is 10.7 Å². The molecule has 0 aromatic heterocycles. The van der Waals surface area contributed by atoms with E-state index in [9.17, 15) is 9.30 Å². The summed E-state index contributed by atoms with van der Waals surface area (Å²) in [6.45, 7) is -0.272. The third-order valence-electron chi connectivity index (χ3n) is 1.83. The van der Waals surface area contributed by atoms with Gasteiger partial charge in [0.15, 0.2) is 11.6 Å². The highest BCUT2D eigenvalue weighted by Crippen LogP contribution is 2.29. The van der Waals surface area contributed by atoms with Crippen LogP contribution in [0.4, 0.5) is 4.39 Å². The van der Waals surface area contributed by atoms with E-state index in [4.69, 9.17) is 9.47 Å². The van der Waals surface area contributed by atoms with Crippen molar-refractivity contribution in [1.82, 2.24) is 0 Å². The van der Waals surface area contributed by atoms with Crippen molar-refractivity contribution in [2.75, 3.05) is 14.2 Å². The van der Waals surface area contributed by atoms with Gasteiger partial charge in [0, 0.05) is 0 Å². The van der Waals surface area contributed by atoms with Gasteiger partial charge in [0.1, 0.15) is 12.3 Å². The van der Waals surface area contributed by atoms with Crippen molar-refractivity contribution in [2.45, 2.75) is 6.54 Å². The van der Waals surface area contributed by atoms with Gasteiger partial charge in [0.05, 0.1) is 19.8 Å². The second-order valence-corrected chi connectivity index (χ2v) is 2.55. The van der Waals surface area contributed by atoms with Crippen molar-refractivity contribution < 1.29 is 13.9 Å². The normalized spacial score (nSPS) is 9.64. The lowest BCUT2D eigenvalue weighted by Gasteiger charge is -2.09. The van der Waals surface area contributed by atoms with Crippen LogP contribution in [-0.4, -0.2) is 14.2 Å². The molecule has 0 spiro atoms. The van der Waals surface area contributed by atoms with Gasteiger partial charge in [-0.3, -0.25) is 0 Å². The summed E-state index contributed by atoms with van der Waals surface area (Å²) in [5, 5.41) is 2.63. The number of nitrogens with zero attached hydrogens (tertiary/aromatic N) is 1. The molecule has 0 aliphatic rings. The molecule has 1 rings (SSSR count). The first-order chi connectivity index (χ1) is 6.74. The maximum atomic E-state index is 13.5. The molecule has 0 bridgehead atoms. The van der Waals surface area contributed by atoms with Crippen LogP contribution in [0.3, 0.4) is 0 Å². The number of ether oxygens (including phenoxy) is 2. The summed E-state index contributed by atoms with van der Waals surface area (Å²) in [4.78, 5) is 10.1. The molecular formula is C9H10FNO3. The maximum absolute atomic E-state index is 13.5. The molecule has 0 saturated carbocycles. The molecule has 4 nitrogen and oxygen atoms in total. The Bertz CT molecular complexity index is 341. The summed E-state index contributed by atoms with van der Waals surface area (Å²) in [5.41, 5.74) is 0.113. The van der Waals surface area contributed by atoms with E-state index in [1.165, 1.54) is 26.4 Å². The average Bonchev–Trinajstić information content (AvgIpc) is 2.21. The molecule has 0 saturated heterocycles. The highest BCUT2D eigenvalue weighted by atomic mass is 19.1. The molecule has 76 valence electrons. The monoisotopic (exact) mass is 199 g/mol. The Balaban J connectivity index is 3.23. The second-order valence-electron chi connectivity index (χ2n) is 2.55. The quantitative estimate of drug-likeness (QED) is 0.697. The molecule has 0 atom stereocenters. The van der Waals surface area contributed by atoms with E-state index in [0.29, 0.717) is 5.75 Å². The standard InChI is InChI=1S/C9H10FNO3/c1-13-7-3-4-8(14-2)9(10)6(7)5-11-12/h3-4H,5H2,1-2H3. The van der Waals surface area contributed by atoms with Gasteiger partial charge in [-0.1, -0.05) is 5.18 Å². The molecular weight excluding hydrogens is 189 g/mol. The van der Waals surface area contributed by atoms with E-state index in [1.54, 1.807) is 0 Å². The smallest absolute Gasteiger partial charge is 0.173 e. The fourth-order valence-corrected chi connectivity index (χ4v) is 1.14. The first-order valence-corrected chi connectivity index (χ1v) is 3.93. The van der Waals surface area contributed by atoms with Crippen molar-refractivity contribution in [3.63, 3.8) is 0 Å². The molecule has 0 amide bonds. The Morgan fingerprint density at radius 1 is 1.29 bits per heavy atom. The minimum Gasteiger partial charge on any atom is -0.496 e. The molecule has 0 unspecified atom stereocenters. The van der Waals surface area contributed by atoms with Crippen LogP contribution in [0.25, 0.3) is 0 Å². The number of hydrogen-bond donors (Lipinski definition) is 0. The van der Waals surface area contributed by atoms with Gasteiger partial charge < -0.3 is 9.47 Å². The van der Waals surface area contributed by atoms with E-state index in [-0.39, 0.29) is 17.9 Å². The molecule has 1 aromatic carbocycles. The number of halogens is 1. The van der Waals surface area contributed by atoms with Crippen LogP contribution in [0.15, 0.2) is 17.3 Å². The predicted octanol–water partition coefficient (Wildman–Crippen LogP) is 2.11. The Morgan fingerprint density at radius 3 is 2.36 bits per heavy atom. The zero-order valence-electron chi connectivity index (χ0n) is 7.91. The molecule has 0 aliphatic carbocycles. The van der Waals surface area contributed by atoms with Gasteiger partial charge in [-0.2, -0.15) is 4.91 Å². The van der Waals surface area contributed by atoms with Crippen LogP contribution < -0.4 is 9.47 Å². The lowest BCUT2D eigenvalue weighted by atomic mass is 10.1. The van der Waals surface area contributed by atoms with Gasteiger partial charge in [-0.05, 0) is 12.1 Å². The molecule has 0 fully saturated rings. The fourth-order valence-electron chi connectivity index (χ4n) is 1.14. The van der Waals surface area contributed by atoms with Gasteiger partial charge in [-0.15, -0.1) is 0 Å². The van der Waals surface area contributed by atoms with Crippen LogP contribution >= 0.6 is 0 Å². The van der Waals surface area contributed by atoms with Crippen molar-refractivity contribution in [2.24, 2.45) is 5.18 Å². The summed E-state index contributed by atoms with van der Waals surface area (Å²) in [6, 6.07) is 2.96. The van der Waals surface area contributed by atoms with Gasteiger partial charge in [-0.25, -0.2) is 4.39 Å². The predicted molar refractivity (Wildman–Crippen MR) is 49.0 cm³/mol. The Morgan fingerprint density at radius 2 is 1.86 bits per heavy atom. The van der Waals surface area contributed by atoms with Crippen molar-refractivity contribution >= 4 is 0 Å². The first-order valence-electron chi connectivity index (χ1n) is 3.93. The molecule has 1 aromatic rings. The summed E-state index contributed by atoms with van der Waals surface area (Å²) < 4.78 is 23.1. The molecule has 0 aliphatic heterocycles. The van der Waals surface area contributed by atoms with Crippen LogP contribution in [0.2, 0.25) is 0 Å². The van der Waals surface area contributed by atoms with E-state index >= 15 is 0 Å². The van der Waals surface area contributed by atoms with Crippen LogP contribution in [-0.2, 0) is 6.54 Å². The third-order valence-corrected chi connectivity index (χ3v) is 1.83. The van der Waals surface area contributed by atoms with Crippen molar-refractivity contribution in [3.8, 4) is 11.5 Å². The number of benzene rings is 1.